The zero-order valence-corrected chi connectivity index (χ0v) is 18.8. The average molecular weight is 473 g/mol. The molecule has 0 aliphatic rings. The van der Waals surface area contributed by atoms with Crippen molar-refractivity contribution in [1.29, 1.82) is 0 Å². The van der Waals surface area contributed by atoms with Crippen molar-refractivity contribution in [2.75, 3.05) is 5.32 Å². The number of amides is 1. The van der Waals surface area contributed by atoms with Gasteiger partial charge in [0.25, 0.3) is 11.5 Å². The summed E-state index contributed by atoms with van der Waals surface area (Å²) in [5.74, 6) is 0.132. The van der Waals surface area contributed by atoms with Crippen LogP contribution in [0.5, 0.6) is 5.75 Å². The van der Waals surface area contributed by atoms with Gasteiger partial charge in [0.15, 0.2) is 11.8 Å². The summed E-state index contributed by atoms with van der Waals surface area (Å²) in [4.78, 5) is 32.8. The summed E-state index contributed by atoms with van der Waals surface area (Å²) in [7, 11) is 0. The maximum Gasteiger partial charge on any atom is 0.266 e. The van der Waals surface area contributed by atoms with Crippen LogP contribution in [0.1, 0.15) is 12.6 Å². The van der Waals surface area contributed by atoms with Crippen molar-refractivity contribution in [2.24, 2.45) is 0 Å². The summed E-state index contributed by atoms with van der Waals surface area (Å²) in [6.45, 7) is 3.37. The lowest BCUT2D eigenvalue weighted by molar-refractivity contribution is -0.122. The van der Waals surface area contributed by atoms with Crippen LogP contribution in [0.2, 0.25) is 0 Å². The van der Waals surface area contributed by atoms with Gasteiger partial charge in [0.2, 0.25) is 5.95 Å². The summed E-state index contributed by atoms with van der Waals surface area (Å²) < 4.78 is 21.8. The number of anilines is 1. The van der Waals surface area contributed by atoms with E-state index in [4.69, 9.17) is 4.74 Å². The summed E-state index contributed by atoms with van der Waals surface area (Å²) in [6.07, 6.45) is 0.587. The Morgan fingerprint density at radius 1 is 1.11 bits per heavy atom. The van der Waals surface area contributed by atoms with Crippen molar-refractivity contribution >= 4 is 22.8 Å². The summed E-state index contributed by atoms with van der Waals surface area (Å²) in [6, 6.07) is 16.3. The second kappa shape index (κ2) is 8.86. The molecule has 0 saturated carbocycles. The Kier molecular flexibility index (Phi) is 5.57. The Labute approximate surface area is 198 Å². The molecule has 35 heavy (non-hydrogen) atoms. The van der Waals surface area contributed by atoms with E-state index >= 15 is 0 Å². The predicted molar refractivity (Wildman–Crippen MR) is 126 cm³/mol. The highest BCUT2D eigenvalue weighted by Crippen LogP contribution is 2.19. The van der Waals surface area contributed by atoms with Crippen molar-refractivity contribution in [3.63, 3.8) is 0 Å². The number of hydrogen-bond donors (Lipinski definition) is 2. The highest BCUT2D eigenvalue weighted by molar-refractivity contribution is 5.93. The first-order chi connectivity index (χ1) is 16.9. The molecule has 0 aliphatic carbocycles. The van der Waals surface area contributed by atoms with Gasteiger partial charge in [0, 0.05) is 6.07 Å². The van der Waals surface area contributed by atoms with E-state index in [0.29, 0.717) is 22.9 Å². The second-order valence-electron chi connectivity index (χ2n) is 7.80. The summed E-state index contributed by atoms with van der Waals surface area (Å²) >= 11 is 0. The van der Waals surface area contributed by atoms with Crippen LogP contribution in [-0.2, 0) is 4.79 Å². The molecule has 1 amide bonds. The zero-order valence-electron chi connectivity index (χ0n) is 18.8. The van der Waals surface area contributed by atoms with Crippen LogP contribution >= 0.6 is 0 Å². The lowest BCUT2D eigenvalue weighted by atomic mass is 10.3. The molecule has 5 rings (SSSR count). The van der Waals surface area contributed by atoms with Crippen LogP contribution in [-0.4, -0.2) is 41.5 Å². The number of para-hydroxylation sites is 1. The van der Waals surface area contributed by atoms with Crippen molar-refractivity contribution in [1.82, 2.24) is 29.5 Å². The molecule has 0 spiro atoms. The summed E-state index contributed by atoms with van der Waals surface area (Å²) in [5.41, 5.74) is 0.931. The molecular weight excluding hydrogens is 453 g/mol. The molecule has 1 atom stereocenters. The number of benzene rings is 2. The van der Waals surface area contributed by atoms with E-state index in [1.807, 2.05) is 18.2 Å². The molecule has 0 bridgehead atoms. The van der Waals surface area contributed by atoms with Crippen LogP contribution in [0.15, 0.2) is 71.7 Å². The number of hydrogen-bond acceptors (Lipinski definition) is 6. The maximum atomic E-state index is 13.4. The van der Waals surface area contributed by atoms with Gasteiger partial charge in [-0.25, -0.2) is 9.07 Å². The molecule has 2 aromatic carbocycles. The first-order valence-corrected chi connectivity index (χ1v) is 10.7. The van der Waals surface area contributed by atoms with E-state index in [-0.39, 0.29) is 17.0 Å². The minimum Gasteiger partial charge on any atom is -0.481 e. The number of ether oxygens (including phenoxy) is 1. The normalized spacial score (nSPS) is 12.0. The number of fused-ring (bicyclic) bond motifs is 1. The van der Waals surface area contributed by atoms with E-state index in [2.05, 4.69) is 25.5 Å². The Bertz CT molecular complexity index is 1570. The molecule has 3 heterocycles. The molecular formula is C24H20FN7O3. The molecule has 0 fully saturated rings. The molecule has 0 aliphatic heterocycles. The molecule has 1 unspecified atom stereocenters. The minimum absolute atomic E-state index is 0.0754. The number of aromatic nitrogens is 6. The monoisotopic (exact) mass is 473 g/mol. The predicted octanol–water partition coefficient (Wildman–Crippen LogP) is 3.15. The summed E-state index contributed by atoms with van der Waals surface area (Å²) in [5, 5.41) is 11.6. The lowest BCUT2D eigenvalue weighted by Crippen LogP contribution is -2.31. The molecule has 5 aromatic rings. The Hall–Kier alpha value is -4.80. The second-order valence-corrected chi connectivity index (χ2v) is 7.80. The number of carbonyl (C=O) groups excluding carboxylic acids is 1. The Morgan fingerprint density at radius 3 is 2.60 bits per heavy atom. The van der Waals surface area contributed by atoms with Crippen molar-refractivity contribution in [3.8, 4) is 17.4 Å². The molecule has 3 aromatic heterocycles. The highest BCUT2D eigenvalue weighted by atomic mass is 19.1. The molecule has 0 saturated heterocycles. The van der Waals surface area contributed by atoms with E-state index in [9.17, 15) is 14.0 Å². The smallest absolute Gasteiger partial charge is 0.266 e. The standard InChI is InChI=1S/C24H20FN7O3/c1-14-12-20(27-22(33)15(2)35-18-6-4-3-5-7-18)32(30-14)24-28-21-19(23(34)29-24)13-26-31(21)17-10-8-16(25)9-11-17/h3-13,15H,1-2H3,(H,27,33)(H,28,29,34). The number of rotatable bonds is 6. The van der Waals surface area contributed by atoms with Gasteiger partial charge < -0.3 is 10.1 Å². The largest absolute Gasteiger partial charge is 0.481 e. The Balaban J connectivity index is 1.49. The Morgan fingerprint density at radius 2 is 1.86 bits per heavy atom. The van der Waals surface area contributed by atoms with Crippen molar-refractivity contribution in [2.45, 2.75) is 20.0 Å². The van der Waals surface area contributed by atoms with Gasteiger partial charge in [-0.3, -0.25) is 14.6 Å². The third-order valence-corrected chi connectivity index (χ3v) is 5.21. The van der Waals surface area contributed by atoms with Gasteiger partial charge >= 0.3 is 0 Å². The molecule has 10 nitrogen and oxygen atoms in total. The van der Waals surface area contributed by atoms with Crippen LogP contribution in [0.4, 0.5) is 10.2 Å². The fraction of sp³-hybridized carbons (Fsp3) is 0.125. The third kappa shape index (κ3) is 4.38. The number of H-pyrrole nitrogens is 1. The number of nitrogens with zero attached hydrogens (tertiary/aromatic N) is 5. The highest BCUT2D eigenvalue weighted by Gasteiger charge is 2.20. The van der Waals surface area contributed by atoms with Gasteiger partial charge in [-0.05, 0) is 50.2 Å². The number of carbonyl (C=O) groups is 1. The van der Waals surface area contributed by atoms with Gasteiger partial charge in [-0.2, -0.15) is 19.9 Å². The van der Waals surface area contributed by atoms with E-state index in [1.54, 1.807) is 32.0 Å². The molecule has 176 valence electrons. The molecule has 0 radical (unpaired) electrons. The SMILES string of the molecule is Cc1cc(NC(=O)C(C)Oc2ccccc2)n(-c2nc3c(cnn3-c3ccc(F)cc3)c(=O)[nH]2)n1. The van der Waals surface area contributed by atoms with Gasteiger partial charge in [0.1, 0.15) is 22.8 Å². The van der Waals surface area contributed by atoms with Crippen molar-refractivity contribution in [3.05, 3.63) is 88.7 Å². The van der Waals surface area contributed by atoms with Crippen LogP contribution in [0, 0.1) is 12.7 Å². The zero-order chi connectivity index (χ0) is 24.5. The van der Waals surface area contributed by atoms with Gasteiger partial charge in [0.05, 0.1) is 17.6 Å². The fourth-order valence-electron chi connectivity index (χ4n) is 3.51. The number of nitrogens with one attached hydrogen (secondary N) is 2. The van der Waals surface area contributed by atoms with E-state index in [0.717, 1.165) is 0 Å². The quantitative estimate of drug-likeness (QED) is 0.391. The molecule has 2 N–H and O–H groups in total. The van der Waals surface area contributed by atoms with Crippen LogP contribution < -0.4 is 15.6 Å². The third-order valence-electron chi connectivity index (χ3n) is 5.21. The van der Waals surface area contributed by atoms with Gasteiger partial charge in [-0.15, -0.1) is 0 Å². The van der Waals surface area contributed by atoms with Crippen LogP contribution in [0.25, 0.3) is 22.7 Å². The van der Waals surface area contributed by atoms with E-state index < -0.39 is 23.4 Å². The topological polar surface area (TPSA) is 120 Å². The lowest BCUT2D eigenvalue weighted by Gasteiger charge is -2.15. The fourth-order valence-corrected chi connectivity index (χ4v) is 3.51. The first kappa shape index (κ1) is 22.0. The number of aryl methyl sites for hydroxylation is 1. The van der Waals surface area contributed by atoms with Crippen molar-refractivity contribution < 1.29 is 13.9 Å². The van der Waals surface area contributed by atoms with Crippen LogP contribution in [0.3, 0.4) is 0 Å². The minimum atomic E-state index is -0.796. The average Bonchev–Trinajstić information content (AvgIpc) is 3.44. The number of aromatic amines is 1. The molecule has 11 heteroatoms. The van der Waals surface area contributed by atoms with E-state index in [1.165, 1.54) is 39.8 Å². The van der Waals surface area contributed by atoms with Gasteiger partial charge in [-0.1, -0.05) is 18.2 Å². The number of halogens is 1. The first-order valence-electron chi connectivity index (χ1n) is 10.7. The maximum absolute atomic E-state index is 13.4.